The van der Waals surface area contributed by atoms with Crippen LogP contribution in [0.3, 0.4) is 0 Å². The minimum absolute atomic E-state index is 0.0369. The zero-order chi connectivity index (χ0) is 21.6. The molecule has 8 aliphatic rings. The molecule has 10 atom stereocenters. The van der Waals surface area contributed by atoms with E-state index in [1.54, 1.807) is 0 Å². The van der Waals surface area contributed by atoms with Crippen LogP contribution in [-0.4, -0.2) is 49.3 Å². The van der Waals surface area contributed by atoms with E-state index < -0.39 is 22.0 Å². The van der Waals surface area contributed by atoms with Gasteiger partial charge in [-0.25, -0.2) is 0 Å². The van der Waals surface area contributed by atoms with Crippen LogP contribution in [0.1, 0.15) is 44.9 Å². The average molecular weight is 430 g/mol. The molecule has 2 saturated heterocycles. The fourth-order valence-corrected chi connectivity index (χ4v) is 10.6. The number of ether oxygens (including phenoxy) is 4. The highest BCUT2D eigenvalue weighted by atomic mass is 16.6. The molecule has 10 unspecified atom stereocenters. The number of hydrogen-bond donors (Lipinski definition) is 0. The Hall–Kier alpha value is -2.12. The topological polar surface area (TPSA) is 105 Å². The van der Waals surface area contributed by atoms with Gasteiger partial charge >= 0.3 is 23.9 Å². The highest BCUT2D eigenvalue weighted by molar-refractivity contribution is 5.87. The SMILES string of the molecule is COC(=O)C12CC3(C(=O)OC)C4CC5(CCC(=O)O5)C1C4C1C2CC2(CCC(=O)O2)C13. The van der Waals surface area contributed by atoms with Crippen LogP contribution in [0.4, 0.5) is 0 Å². The molecule has 8 rings (SSSR count). The van der Waals surface area contributed by atoms with Crippen LogP contribution in [0.25, 0.3) is 0 Å². The van der Waals surface area contributed by atoms with Gasteiger partial charge in [0, 0.05) is 24.7 Å². The predicted octanol–water partition coefficient (Wildman–Crippen LogP) is 1.39. The van der Waals surface area contributed by atoms with Gasteiger partial charge in [0.2, 0.25) is 0 Å². The number of carbonyl (C=O) groups excluding carboxylic acids is 4. The largest absolute Gasteiger partial charge is 0.469 e. The summed E-state index contributed by atoms with van der Waals surface area (Å²) in [7, 11) is 2.79. The Balaban J connectivity index is 1.49. The van der Waals surface area contributed by atoms with Gasteiger partial charge in [-0.2, -0.15) is 0 Å². The molecule has 0 aromatic carbocycles. The van der Waals surface area contributed by atoms with Gasteiger partial charge in [0.15, 0.2) is 0 Å². The molecule has 2 heterocycles. The lowest BCUT2D eigenvalue weighted by Gasteiger charge is -2.50. The van der Waals surface area contributed by atoms with Gasteiger partial charge in [-0.3, -0.25) is 19.2 Å². The highest BCUT2D eigenvalue weighted by Crippen LogP contribution is 2.90. The van der Waals surface area contributed by atoms with Gasteiger partial charge in [-0.15, -0.1) is 0 Å². The third kappa shape index (κ3) is 1.60. The molecular formula is C23H26O8. The summed E-state index contributed by atoms with van der Waals surface area (Å²) in [5.41, 5.74) is -3.23. The molecule has 8 nitrogen and oxygen atoms in total. The predicted molar refractivity (Wildman–Crippen MR) is 99.8 cm³/mol. The van der Waals surface area contributed by atoms with Gasteiger partial charge in [0.05, 0.1) is 25.0 Å². The Morgan fingerprint density at radius 2 is 1.23 bits per heavy atom. The van der Waals surface area contributed by atoms with Gasteiger partial charge in [-0.05, 0) is 55.8 Å². The quantitative estimate of drug-likeness (QED) is 0.478. The number of carbonyl (C=O) groups is 4. The summed E-state index contributed by atoms with van der Waals surface area (Å²) in [6.45, 7) is 0. The van der Waals surface area contributed by atoms with E-state index in [0.717, 1.165) is 0 Å². The lowest BCUT2D eigenvalue weighted by atomic mass is 9.52. The first-order valence-corrected chi connectivity index (χ1v) is 11.4. The molecule has 0 amide bonds. The van der Waals surface area contributed by atoms with E-state index in [1.165, 1.54) is 14.2 Å². The van der Waals surface area contributed by atoms with E-state index in [0.29, 0.717) is 44.9 Å². The Labute approximate surface area is 179 Å². The van der Waals surface area contributed by atoms with E-state index in [9.17, 15) is 19.2 Å². The molecule has 8 fully saturated rings. The standard InChI is InChI=1S/C23H26O8/c1-28-18(26)22-9-23(19(27)29-2)11-8-20(5-3-12(24)30-20)16(22)15(11)14-10(22)7-21(17(14)23)6-4-13(25)31-21/h10-11,14-17H,3-9H2,1-2H3. The van der Waals surface area contributed by atoms with Crippen LogP contribution in [-0.2, 0) is 38.1 Å². The molecule has 166 valence electrons. The van der Waals surface area contributed by atoms with Crippen molar-refractivity contribution in [1.29, 1.82) is 0 Å². The lowest BCUT2D eigenvalue weighted by Crippen LogP contribution is -2.58. The van der Waals surface area contributed by atoms with Crippen molar-refractivity contribution in [3.05, 3.63) is 0 Å². The molecule has 6 saturated carbocycles. The fraction of sp³-hybridized carbons (Fsp3) is 0.826. The number of rotatable bonds is 2. The third-order valence-electron chi connectivity index (χ3n) is 10.7. The maximum atomic E-state index is 13.6. The molecular weight excluding hydrogens is 404 g/mol. The van der Waals surface area contributed by atoms with Crippen molar-refractivity contribution in [3.63, 3.8) is 0 Å². The van der Waals surface area contributed by atoms with Crippen LogP contribution in [0.2, 0.25) is 0 Å². The second-order valence-electron chi connectivity index (χ2n) is 11.0. The minimum atomic E-state index is -0.912. The van der Waals surface area contributed by atoms with Gasteiger partial charge in [0.25, 0.3) is 0 Å². The van der Waals surface area contributed by atoms with E-state index in [-0.39, 0.29) is 59.4 Å². The molecule has 6 aliphatic carbocycles. The van der Waals surface area contributed by atoms with Crippen molar-refractivity contribution in [2.75, 3.05) is 14.2 Å². The number of esters is 4. The van der Waals surface area contributed by atoms with Crippen LogP contribution in [0.5, 0.6) is 0 Å². The summed E-state index contributed by atoms with van der Waals surface area (Å²) in [6, 6.07) is 0. The van der Waals surface area contributed by atoms with Crippen LogP contribution in [0, 0.1) is 46.3 Å². The summed E-state index contributed by atoms with van der Waals surface area (Å²) >= 11 is 0. The summed E-state index contributed by atoms with van der Waals surface area (Å²) in [5, 5.41) is 0. The maximum Gasteiger partial charge on any atom is 0.312 e. The first-order chi connectivity index (χ1) is 14.8. The zero-order valence-corrected chi connectivity index (χ0v) is 17.7. The second kappa shape index (κ2) is 5.09. The molecule has 8 heteroatoms. The van der Waals surface area contributed by atoms with Crippen LogP contribution >= 0.6 is 0 Å². The third-order valence-corrected chi connectivity index (χ3v) is 10.7. The summed E-state index contributed by atoms with van der Waals surface area (Å²) in [4.78, 5) is 51.7. The normalized spacial score (nSPS) is 56.6. The van der Waals surface area contributed by atoms with Crippen molar-refractivity contribution < 1.29 is 38.1 Å². The van der Waals surface area contributed by atoms with Crippen molar-refractivity contribution in [2.24, 2.45) is 46.3 Å². The molecule has 0 radical (unpaired) electrons. The van der Waals surface area contributed by atoms with E-state index in [2.05, 4.69) is 0 Å². The Kier molecular flexibility index (Phi) is 3.03. The van der Waals surface area contributed by atoms with Crippen molar-refractivity contribution in [3.8, 4) is 0 Å². The van der Waals surface area contributed by atoms with Crippen molar-refractivity contribution in [2.45, 2.75) is 56.1 Å². The molecule has 0 aromatic rings. The number of methoxy groups -OCH3 is 2. The molecule has 0 N–H and O–H groups in total. The Morgan fingerprint density at radius 1 is 0.806 bits per heavy atom. The van der Waals surface area contributed by atoms with Crippen molar-refractivity contribution in [1.82, 2.24) is 0 Å². The van der Waals surface area contributed by atoms with E-state index in [4.69, 9.17) is 18.9 Å². The van der Waals surface area contributed by atoms with Crippen molar-refractivity contribution >= 4 is 23.9 Å². The smallest absolute Gasteiger partial charge is 0.312 e. The first kappa shape index (κ1) is 18.5. The van der Waals surface area contributed by atoms with Crippen LogP contribution < -0.4 is 0 Å². The molecule has 31 heavy (non-hydrogen) atoms. The summed E-state index contributed by atoms with van der Waals surface area (Å²) < 4.78 is 22.8. The van der Waals surface area contributed by atoms with Gasteiger partial charge in [0.1, 0.15) is 11.2 Å². The average Bonchev–Trinajstić information content (AvgIpc) is 3.52. The second-order valence-corrected chi connectivity index (χ2v) is 11.0. The zero-order valence-electron chi connectivity index (χ0n) is 17.7. The Morgan fingerprint density at radius 3 is 1.55 bits per heavy atom. The molecule has 2 spiro atoms. The monoisotopic (exact) mass is 430 g/mol. The molecule has 8 bridgehead atoms. The Bertz CT molecular complexity index is 899. The van der Waals surface area contributed by atoms with Gasteiger partial charge in [-0.1, -0.05) is 0 Å². The van der Waals surface area contributed by atoms with Gasteiger partial charge < -0.3 is 18.9 Å². The maximum absolute atomic E-state index is 13.6. The first-order valence-electron chi connectivity index (χ1n) is 11.4. The minimum Gasteiger partial charge on any atom is -0.469 e. The lowest BCUT2D eigenvalue weighted by molar-refractivity contribution is -0.189. The fourth-order valence-electron chi connectivity index (χ4n) is 10.6. The van der Waals surface area contributed by atoms with Crippen LogP contribution in [0.15, 0.2) is 0 Å². The summed E-state index contributed by atoms with van der Waals surface area (Å²) in [5.74, 6) is -1.28. The number of hydrogen-bond acceptors (Lipinski definition) is 8. The molecule has 2 aliphatic heterocycles. The molecule has 0 aromatic heterocycles. The van der Waals surface area contributed by atoms with E-state index >= 15 is 0 Å². The highest BCUT2D eigenvalue weighted by Gasteiger charge is 2.94. The summed E-state index contributed by atoms with van der Waals surface area (Å²) in [6.07, 6.45) is 3.36. The van der Waals surface area contributed by atoms with E-state index in [1.807, 2.05) is 0 Å².